The van der Waals surface area contributed by atoms with Crippen molar-refractivity contribution in [1.29, 1.82) is 0 Å². The SMILES string of the molecule is NCc1cc2cc(C=O)cc(C(F)(F)F)c2o1. The average Bonchev–Trinajstić information content (AvgIpc) is 2.68. The maximum Gasteiger partial charge on any atom is 0.420 e. The minimum atomic E-state index is -4.57. The lowest BCUT2D eigenvalue weighted by atomic mass is 10.1. The van der Waals surface area contributed by atoms with Gasteiger partial charge in [-0.2, -0.15) is 13.2 Å². The molecule has 0 radical (unpaired) electrons. The van der Waals surface area contributed by atoms with Gasteiger partial charge in [0, 0.05) is 10.9 Å². The van der Waals surface area contributed by atoms with E-state index in [1.165, 1.54) is 12.1 Å². The van der Waals surface area contributed by atoms with E-state index >= 15 is 0 Å². The lowest BCUT2D eigenvalue weighted by Gasteiger charge is -2.07. The van der Waals surface area contributed by atoms with Crippen LogP contribution in [0.5, 0.6) is 0 Å². The fourth-order valence-electron chi connectivity index (χ4n) is 1.61. The van der Waals surface area contributed by atoms with Crippen molar-refractivity contribution < 1.29 is 22.4 Å². The Kier molecular flexibility index (Phi) is 2.66. The number of carbonyl (C=O) groups is 1. The molecule has 1 heterocycles. The van der Waals surface area contributed by atoms with Crippen LogP contribution in [0.1, 0.15) is 21.7 Å². The fraction of sp³-hybridized carbons (Fsp3) is 0.182. The highest BCUT2D eigenvalue weighted by Gasteiger charge is 2.34. The number of fused-ring (bicyclic) bond motifs is 1. The molecule has 0 fully saturated rings. The molecule has 0 bridgehead atoms. The second-order valence-corrected chi connectivity index (χ2v) is 3.52. The quantitative estimate of drug-likeness (QED) is 0.825. The number of halogens is 3. The van der Waals surface area contributed by atoms with Gasteiger partial charge in [0.1, 0.15) is 17.6 Å². The number of benzene rings is 1. The lowest BCUT2D eigenvalue weighted by molar-refractivity contribution is -0.136. The highest BCUT2D eigenvalue weighted by Crippen LogP contribution is 2.36. The topological polar surface area (TPSA) is 56.2 Å². The summed E-state index contributed by atoms with van der Waals surface area (Å²) in [7, 11) is 0. The summed E-state index contributed by atoms with van der Waals surface area (Å²) in [5.41, 5.74) is 4.00. The summed E-state index contributed by atoms with van der Waals surface area (Å²) in [4.78, 5) is 10.6. The molecule has 90 valence electrons. The molecule has 1 aromatic heterocycles. The van der Waals surface area contributed by atoms with Gasteiger partial charge in [-0.25, -0.2) is 0 Å². The number of rotatable bonds is 2. The van der Waals surface area contributed by atoms with Crippen molar-refractivity contribution in [2.75, 3.05) is 0 Å². The first-order chi connectivity index (χ1) is 7.95. The molecule has 0 saturated carbocycles. The predicted octanol–water partition coefficient (Wildman–Crippen LogP) is 2.72. The Morgan fingerprint density at radius 3 is 2.53 bits per heavy atom. The van der Waals surface area contributed by atoms with Gasteiger partial charge in [0.25, 0.3) is 0 Å². The molecule has 0 spiro atoms. The standard InChI is InChI=1S/C11H8F3NO2/c12-11(13,14)9-2-6(5-16)1-7-3-8(4-15)17-10(7)9/h1-3,5H,4,15H2. The van der Waals surface area contributed by atoms with Crippen LogP contribution in [0.3, 0.4) is 0 Å². The molecule has 2 aromatic rings. The summed E-state index contributed by atoms with van der Waals surface area (Å²) in [5.74, 6) is 0.244. The van der Waals surface area contributed by atoms with E-state index in [0.29, 0.717) is 6.29 Å². The molecule has 17 heavy (non-hydrogen) atoms. The molecule has 1 aromatic carbocycles. The lowest BCUT2D eigenvalue weighted by Crippen LogP contribution is -2.06. The number of furan rings is 1. The van der Waals surface area contributed by atoms with Crippen LogP contribution in [0.15, 0.2) is 22.6 Å². The number of hydrogen-bond donors (Lipinski definition) is 1. The van der Waals surface area contributed by atoms with Crippen molar-refractivity contribution in [1.82, 2.24) is 0 Å². The zero-order valence-corrected chi connectivity index (χ0v) is 8.54. The highest BCUT2D eigenvalue weighted by atomic mass is 19.4. The number of aldehydes is 1. The maximum atomic E-state index is 12.7. The van der Waals surface area contributed by atoms with Crippen molar-refractivity contribution in [3.05, 3.63) is 35.1 Å². The van der Waals surface area contributed by atoms with Gasteiger partial charge < -0.3 is 10.2 Å². The van der Waals surface area contributed by atoms with Gasteiger partial charge in [0.2, 0.25) is 0 Å². The van der Waals surface area contributed by atoms with E-state index in [-0.39, 0.29) is 28.8 Å². The van der Waals surface area contributed by atoms with Gasteiger partial charge in [-0.15, -0.1) is 0 Å². The molecule has 0 unspecified atom stereocenters. The third-order valence-electron chi connectivity index (χ3n) is 2.33. The Hall–Kier alpha value is -1.82. The molecular formula is C11H8F3NO2. The molecule has 0 aliphatic carbocycles. The molecular weight excluding hydrogens is 235 g/mol. The summed E-state index contributed by atoms with van der Waals surface area (Å²) in [6.45, 7) is 0.00238. The largest absolute Gasteiger partial charge is 0.459 e. The molecule has 0 saturated heterocycles. The molecule has 0 aliphatic heterocycles. The third kappa shape index (κ3) is 2.03. The van der Waals surface area contributed by atoms with E-state index in [1.807, 2.05) is 0 Å². The van der Waals surface area contributed by atoms with Gasteiger partial charge in [-0.05, 0) is 18.2 Å². The molecule has 0 amide bonds. The third-order valence-corrected chi connectivity index (χ3v) is 2.33. The van der Waals surface area contributed by atoms with Crippen molar-refractivity contribution in [2.24, 2.45) is 5.73 Å². The fourth-order valence-corrected chi connectivity index (χ4v) is 1.61. The first-order valence-electron chi connectivity index (χ1n) is 4.74. The second kappa shape index (κ2) is 3.89. The number of alkyl halides is 3. The molecule has 6 heteroatoms. The molecule has 0 atom stereocenters. The zero-order chi connectivity index (χ0) is 12.6. The van der Waals surface area contributed by atoms with Crippen molar-refractivity contribution in [3.63, 3.8) is 0 Å². The van der Waals surface area contributed by atoms with Gasteiger partial charge in [0.15, 0.2) is 0 Å². The summed E-state index contributed by atoms with van der Waals surface area (Å²) in [6.07, 6.45) is -4.20. The van der Waals surface area contributed by atoms with Crippen molar-refractivity contribution in [3.8, 4) is 0 Å². The Labute approximate surface area is 94.0 Å². The predicted molar refractivity (Wildman–Crippen MR) is 54.5 cm³/mol. The first-order valence-corrected chi connectivity index (χ1v) is 4.74. The van der Waals surface area contributed by atoms with Gasteiger partial charge in [-0.1, -0.05) is 0 Å². The smallest absolute Gasteiger partial charge is 0.420 e. The van der Waals surface area contributed by atoms with Crippen molar-refractivity contribution in [2.45, 2.75) is 12.7 Å². The molecule has 3 nitrogen and oxygen atoms in total. The number of carbonyl (C=O) groups excluding carboxylic acids is 1. The Morgan fingerprint density at radius 2 is 2.00 bits per heavy atom. The zero-order valence-electron chi connectivity index (χ0n) is 8.54. The van der Waals surface area contributed by atoms with E-state index in [4.69, 9.17) is 10.2 Å². The van der Waals surface area contributed by atoms with Crippen LogP contribution in [0.4, 0.5) is 13.2 Å². The van der Waals surface area contributed by atoms with Gasteiger partial charge in [-0.3, -0.25) is 4.79 Å². The minimum Gasteiger partial charge on any atom is -0.459 e. The summed E-state index contributed by atoms with van der Waals surface area (Å²) < 4.78 is 43.2. The summed E-state index contributed by atoms with van der Waals surface area (Å²) in [5, 5.41) is 0.224. The molecule has 2 rings (SSSR count). The molecule has 0 aliphatic rings. The Balaban J connectivity index is 2.78. The average molecular weight is 243 g/mol. The van der Waals surface area contributed by atoms with E-state index in [0.717, 1.165) is 6.07 Å². The number of hydrogen-bond acceptors (Lipinski definition) is 3. The highest BCUT2D eigenvalue weighted by molar-refractivity contribution is 5.89. The summed E-state index contributed by atoms with van der Waals surface area (Å²) in [6, 6.07) is 3.50. The van der Waals surface area contributed by atoms with Crippen LogP contribution in [-0.4, -0.2) is 6.29 Å². The second-order valence-electron chi connectivity index (χ2n) is 3.52. The van der Waals surface area contributed by atoms with Crippen molar-refractivity contribution >= 4 is 17.3 Å². The Morgan fingerprint density at radius 1 is 1.29 bits per heavy atom. The van der Waals surface area contributed by atoms with Gasteiger partial charge >= 0.3 is 6.18 Å². The molecule has 2 N–H and O–H groups in total. The van der Waals surface area contributed by atoms with Crippen LogP contribution in [-0.2, 0) is 12.7 Å². The monoisotopic (exact) mass is 243 g/mol. The van der Waals surface area contributed by atoms with Crippen LogP contribution >= 0.6 is 0 Å². The maximum absolute atomic E-state index is 12.7. The van der Waals surface area contributed by atoms with Crippen LogP contribution in [0, 0.1) is 0 Å². The van der Waals surface area contributed by atoms with E-state index in [2.05, 4.69) is 0 Å². The summed E-state index contributed by atoms with van der Waals surface area (Å²) >= 11 is 0. The van der Waals surface area contributed by atoms with Crippen LogP contribution in [0.25, 0.3) is 11.0 Å². The normalized spacial score (nSPS) is 12.0. The van der Waals surface area contributed by atoms with E-state index < -0.39 is 11.7 Å². The first kappa shape index (κ1) is 11.7. The number of nitrogens with two attached hydrogens (primary N) is 1. The van der Waals surface area contributed by atoms with Gasteiger partial charge in [0.05, 0.1) is 12.1 Å². The minimum absolute atomic E-state index is 0.00238. The van der Waals surface area contributed by atoms with Crippen LogP contribution in [0.2, 0.25) is 0 Å². The Bertz CT molecular complexity index is 572. The van der Waals surface area contributed by atoms with E-state index in [1.54, 1.807) is 0 Å². The van der Waals surface area contributed by atoms with Crippen LogP contribution < -0.4 is 5.73 Å². The van der Waals surface area contributed by atoms with E-state index in [9.17, 15) is 18.0 Å².